The lowest BCUT2D eigenvalue weighted by atomic mass is 10.0. The molecule has 1 fully saturated rings. The molecule has 1 aliphatic carbocycles. The average molecular weight is 594 g/mol. The van der Waals surface area contributed by atoms with Crippen LogP contribution in [0.15, 0.2) is 48.5 Å². The molecule has 0 aliphatic heterocycles. The molecule has 0 saturated heterocycles. The van der Waals surface area contributed by atoms with E-state index in [2.05, 4.69) is 5.32 Å². The molecule has 1 aliphatic rings. The third-order valence-electron chi connectivity index (χ3n) is 7.31. The van der Waals surface area contributed by atoms with E-state index in [0.29, 0.717) is 38.5 Å². The molecule has 11 heteroatoms. The molecule has 0 radical (unpaired) electrons. The summed E-state index contributed by atoms with van der Waals surface area (Å²) in [6.07, 6.45) is 2.22. The Kier molecular flexibility index (Phi) is 11.8. The maximum absolute atomic E-state index is 13.9. The van der Waals surface area contributed by atoms with Gasteiger partial charge in [-0.3, -0.25) is 9.59 Å². The molecule has 8 nitrogen and oxygen atoms in total. The zero-order valence-electron chi connectivity index (χ0n) is 23.6. The molecule has 3 atom stereocenters. The van der Waals surface area contributed by atoms with E-state index in [-0.39, 0.29) is 30.1 Å². The maximum Gasteiger partial charge on any atom is 0.251 e. The van der Waals surface area contributed by atoms with Gasteiger partial charge >= 0.3 is 0 Å². The summed E-state index contributed by atoms with van der Waals surface area (Å²) in [4.78, 5) is 28.4. The van der Waals surface area contributed by atoms with Crippen LogP contribution in [0.3, 0.4) is 0 Å². The SMILES string of the molecule is CCCC(CCC)S(=O)(=O)CC(NC(=O)c1ccccc1)C(=O)N(C[C@@H](O)[C@@H](N)Cc1cc(F)cc(F)c1)C1CC1. The third-order valence-corrected chi connectivity index (χ3v) is 9.60. The number of carbonyl (C=O) groups is 2. The van der Waals surface area contributed by atoms with Crippen LogP contribution in [0.4, 0.5) is 8.78 Å². The number of nitrogens with two attached hydrogens (primary N) is 1. The van der Waals surface area contributed by atoms with Crippen LogP contribution < -0.4 is 11.1 Å². The van der Waals surface area contributed by atoms with Crippen molar-refractivity contribution in [3.63, 3.8) is 0 Å². The highest BCUT2D eigenvalue weighted by molar-refractivity contribution is 7.92. The topological polar surface area (TPSA) is 130 Å². The van der Waals surface area contributed by atoms with Crippen LogP contribution in [0.2, 0.25) is 0 Å². The summed E-state index contributed by atoms with van der Waals surface area (Å²) in [5.74, 6) is -3.29. The third kappa shape index (κ3) is 9.58. The minimum atomic E-state index is -3.77. The van der Waals surface area contributed by atoms with Crippen molar-refractivity contribution in [1.82, 2.24) is 10.2 Å². The van der Waals surface area contributed by atoms with Crippen molar-refractivity contribution in [2.75, 3.05) is 12.3 Å². The fraction of sp³-hybridized carbons (Fsp3) is 0.533. The Balaban J connectivity index is 1.83. The smallest absolute Gasteiger partial charge is 0.251 e. The first-order valence-corrected chi connectivity index (χ1v) is 15.9. The van der Waals surface area contributed by atoms with E-state index in [0.717, 1.165) is 18.2 Å². The van der Waals surface area contributed by atoms with Gasteiger partial charge in [0.15, 0.2) is 9.84 Å². The highest BCUT2D eigenvalue weighted by Gasteiger charge is 2.40. The van der Waals surface area contributed by atoms with E-state index in [4.69, 9.17) is 5.73 Å². The summed E-state index contributed by atoms with van der Waals surface area (Å²) in [6, 6.07) is 8.64. The van der Waals surface area contributed by atoms with Crippen molar-refractivity contribution in [3.8, 4) is 0 Å². The van der Waals surface area contributed by atoms with Crippen molar-refractivity contribution in [1.29, 1.82) is 0 Å². The first kappa shape index (κ1) is 32.6. The van der Waals surface area contributed by atoms with Crippen molar-refractivity contribution in [3.05, 3.63) is 71.3 Å². The number of halogens is 2. The van der Waals surface area contributed by atoms with Crippen molar-refractivity contribution in [2.45, 2.75) is 88.3 Å². The van der Waals surface area contributed by atoms with Crippen molar-refractivity contribution >= 4 is 21.7 Å². The molecule has 226 valence electrons. The van der Waals surface area contributed by atoms with Gasteiger partial charge in [-0.15, -0.1) is 0 Å². The minimum absolute atomic E-state index is 0.0409. The normalized spacial score (nSPS) is 15.8. The Labute approximate surface area is 241 Å². The van der Waals surface area contributed by atoms with Gasteiger partial charge in [0.25, 0.3) is 5.91 Å². The Morgan fingerprint density at radius 1 is 1.05 bits per heavy atom. The summed E-state index contributed by atoms with van der Waals surface area (Å²) >= 11 is 0. The Morgan fingerprint density at radius 3 is 2.17 bits per heavy atom. The van der Waals surface area contributed by atoms with Gasteiger partial charge in [-0.1, -0.05) is 44.9 Å². The monoisotopic (exact) mass is 593 g/mol. The van der Waals surface area contributed by atoms with Crippen LogP contribution in [0.5, 0.6) is 0 Å². The molecule has 3 rings (SSSR count). The average Bonchev–Trinajstić information content (AvgIpc) is 3.76. The van der Waals surface area contributed by atoms with Gasteiger partial charge in [0.05, 0.1) is 17.1 Å². The summed E-state index contributed by atoms with van der Waals surface area (Å²) in [6.45, 7) is 3.58. The number of nitrogens with one attached hydrogen (secondary N) is 1. The van der Waals surface area contributed by atoms with Crippen LogP contribution >= 0.6 is 0 Å². The number of hydrogen-bond donors (Lipinski definition) is 3. The predicted octanol–water partition coefficient (Wildman–Crippen LogP) is 3.37. The largest absolute Gasteiger partial charge is 0.390 e. The number of aliphatic hydroxyl groups is 1. The van der Waals surface area contributed by atoms with Crippen LogP contribution in [0.1, 0.15) is 68.3 Å². The number of hydrogen-bond acceptors (Lipinski definition) is 6. The van der Waals surface area contributed by atoms with Gasteiger partial charge in [-0.05, 0) is 61.9 Å². The summed E-state index contributed by atoms with van der Waals surface area (Å²) in [7, 11) is -3.77. The Bertz CT molecular complexity index is 1250. The lowest BCUT2D eigenvalue weighted by Crippen LogP contribution is -2.56. The fourth-order valence-corrected chi connectivity index (χ4v) is 7.15. The second kappa shape index (κ2) is 14.8. The van der Waals surface area contributed by atoms with E-state index in [9.17, 15) is 31.9 Å². The first-order valence-electron chi connectivity index (χ1n) is 14.2. The lowest BCUT2D eigenvalue weighted by Gasteiger charge is -2.32. The zero-order chi connectivity index (χ0) is 30.2. The highest BCUT2D eigenvalue weighted by Crippen LogP contribution is 2.29. The molecule has 2 aromatic carbocycles. The van der Waals surface area contributed by atoms with Gasteiger partial charge in [0.1, 0.15) is 17.7 Å². The quantitative estimate of drug-likeness (QED) is 0.274. The lowest BCUT2D eigenvalue weighted by molar-refractivity contribution is -0.135. The summed E-state index contributed by atoms with van der Waals surface area (Å²) < 4.78 is 54.2. The molecule has 41 heavy (non-hydrogen) atoms. The predicted molar refractivity (Wildman–Crippen MR) is 154 cm³/mol. The van der Waals surface area contributed by atoms with Gasteiger partial charge < -0.3 is 21.1 Å². The molecule has 2 amide bonds. The van der Waals surface area contributed by atoms with Crippen LogP contribution in [-0.2, 0) is 21.1 Å². The van der Waals surface area contributed by atoms with Crippen LogP contribution in [0.25, 0.3) is 0 Å². The van der Waals surface area contributed by atoms with E-state index < -0.39 is 62.5 Å². The maximum atomic E-state index is 13.9. The Morgan fingerprint density at radius 2 is 1.63 bits per heavy atom. The molecule has 0 bridgehead atoms. The molecular weight excluding hydrogens is 552 g/mol. The molecular formula is C30H41F2N3O5S. The fourth-order valence-electron chi connectivity index (χ4n) is 5.00. The number of benzene rings is 2. The molecule has 4 N–H and O–H groups in total. The van der Waals surface area contributed by atoms with E-state index in [1.165, 1.54) is 4.90 Å². The molecule has 1 saturated carbocycles. The second-order valence-electron chi connectivity index (χ2n) is 10.9. The Hall–Kier alpha value is -2.89. The first-order chi connectivity index (χ1) is 19.4. The van der Waals surface area contributed by atoms with Crippen molar-refractivity contribution < 1.29 is 31.9 Å². The zero-order valence-corrected chi connectivity index (χ0v) is 24.5. The van der Waals surface area contributed by atoms with E-state index >= 15 is 0 Å². The number of nitrogens with zero attached hydrogens (tertiary/aromatic N) is 1. The number of amides is 2. The van der Waals surface area contributed by atoms with Crippen LogP contribution in [0, 0.1) is 11.6 Å². The number of aliphatic hydroxyl groups excluding tert-OH is 1. The molecule has 0 aromatic heterocycles. The molecule has 2 aromatic rings. The van der Waals surface area contributed by atoms with Gasteiger partial charge in [0, 0.05) is 30.3 Å². The summed E-state index contributed by atoms with van der Waals surface area (Å²) in [5, 5.41) is 12.9. The number of rotatable bonds is 16. The van der Waals surface area contributed by atoms with Gasteiger partial charge in [0.2, 0.25) is 5.91 Å². The standard InChI is InChI=1S/C30H41F2N3O5S/c1-3-8-25(9-4-2)41(39,40)19-27(34-29(37)21-10-6-5-7-11-21)30(38)35(24-12-13-24)18-28(36)26(33)16-20-14-22(31)17-23(32)15-20/h5-7,10-11,14-15,17,24-28,36H,3-4,8-9,12-13,16,18-19,33H2,1-2H3,(H,34,37)/t26-,27?,28+/m0/s1. The van der Waals surface area contributed by atoms with E-state index in [1.54, 1.807) is 30.3 Å². The van der Waals surface area contributed by atoms with E-state index in [1.807, 2.05) is 13.8 Å². The minimum Gasteiger partial charge on any atom is -0.390 e. The van der Waals surface area contributed by atoms with Crippen molar-refractivity contribution in [2.24, 2.45) is 5.73 Å². The van der Waals surface area contributed by atoms with Crippen LogP contribution in [-0.4, -0.2) is 72.0 Å². The highest BCUT2D eigenvalue weighted by atomic mass is 32.2. The molecule has 1 unspecified atom stereocenters. The molecule has 0 heterocycles. The molecule has 0 spiro atoms. The number of carbonyl (C=O) groups excluding carboxylic acids is 2. The number of sulfone groups is 1. The van der Waals surface area contributed by atoms with Gasteiger partial charge in [-0.25, -0.2) is 17.2 Å². The van der Waals surface area contributed by atoms with Gasteiger partial charge in [-0.2, -0.15) is 0 Å². The summed E-state index contributed by atoms with van der Waals surface area (Å²) in [5.41, 5.74) is 6.70. The second-order valence-corrected chi connectivity index (χ2v) is 13.2.